The summed E-state index contributed by atoms with van der Waals surface area (Å²) in [6, 6.07) is 75.8. The molecule has 1 aliphatic heterocycles. The molecule has 0 amide bonds. The van der Waals surface area contributed by atoms with Gasteiger partial charge in [-0.1, -0.05) is 176 Å². The maximum atomic E-state index is 6.67. The Morgan fingerprint density at radius 1 is 0.438 bits per heavy atom. The largest absolute Gasteiger partial charge is 0.456 e. The van der Waals surface area contributed by atoms with E-state index in [2.05, 4.69) is 218 Å². The Labute approximate surface area is 373 Å². The van der Waals surface area contributed by atoms with E-state index in [1.807, 2.05) is 11.3 Å². The van der Waals surface area contributed by atoms with Crippen LogP contribution in [-0.4, -0.2) is 11.7 Å². The van der Waals surface area contributed by atoms with Gasteiger partial charge in [0.15, 0.2) is 5.84 Å². The first-order chi connectivity index (χ1) is 31.7. The topological polar surface area (TPSA) is 49.9 Å². The first-order valence-electron chi connectivity index (χ1n) is 21.7. The number of aliphatic imine (C=N–C) groups is 2. The molecule has 3 heterocycles. The Balaban J connectivity index is 0.972. The summed E-state index contributed by atoms with van der Waals surface area (Å²) >= 11 is 1.82. The number of amidine groups is 2. The summed E-state index contributed by atoms with van der Waals surface area (Å²) in [6.07, 6.45) is -0.352. The summed E-state index contributed by atoms with van der Waals surface area (Å²) < 4.78 is 9.17. The van der Waals surface area contributed by atoms with E-state index in [1.54, 1.807) is 0 Å². The number of nitrogens with one attached hydrogen (secondary N) is 1. The highest BCUT2D eigenvalue weighted by Crippen LogP contribution is 2.45. The molecule has 13 rings (SSSR count). The van der Waals surface area contributed by atoms with E-state index in [1.165, 1.54) is 42.1 Å². The van der Waals surface area contributed by atoms with Crippen LogP contribution in [0.25, 0.3) is 97.0 Å². The molecule has 2 aromatic heterocycles. The first-order valence-corrected chi connectivity index (χ1v) is 22.5. The van der Waals surface area contributed by atoms with Crippen molar-refractivity contribution in [1.82, 2.24) is 5.32 Å². The normalized spacial score (nSPS) is 14.1. The fourth-order valence-electron chi connectivity index (χ4n) is 9.58. The van der Waals surface area contributed by atoms with Crippen molar-refractivity contribution < 1.29 is 4.42 Å². The van der Waals surface area contributed by atoms with Crippen LogP contribution < -0.4 is 5.32 Å². The zero-order valence-electron chi connectivity index (χ0n) is 34.5. The van der Waals surface area contributed by atoms with Crippen molar-refractivity contribution in [2.45, 2.75) is 6.17 Å². The molecule has 0 fully saturated rings. The molecule has 0 saturated carbocycles. The van der Waals surface area contributed by atoms with Crippen LogP contribution in [0.1, 0.15) is 22.9 Å². The van der Waals surface area contributed by atoms with Gasteiger partial charge in [0.1, 0.15) is 23.2 Å². The fraction of sp³-hybridized carbons (Fsp3) is 0.0169. The van der Waals surface area contributed by atoms with E-state index in [0.717, 1.165) is 77.5 Å². The number of benzene rings is 10. The molecular formula is C59H37N3OS. The smallest absolute Gasteiger partial charge is 0.159 e. The maximum Gasteiger partial charge on any atom is 0.159 e. The Bertz CT molecular complexity index is 3880. The number of hydrogen-bond acceptors (Lipinski definition) is 5. The van der Waals surface area contributed by atoms with Gasteiger partial charge in [-0.3, -0.25) is 0 Å². The van der Waals surface area contributed by atoms with E-state index < -0.39 is 0 Å². The van der Waals surface area contributed by atoms with Gasteiger partial charge in [-0.15, -0.1) is 11.3 Å². The third kappa shape index (κ3) is 6.12. The Morgan fingerprint density at radius 2 is 1.11 bits per heavy atom. The summed E-state index contributed by atoms with van der Waals surface area (Å²) in [5.74, 6) is 1.48. The van der Waals surface area contributed by atoms with Gasteiger partial charge in [0.05, 0.1) is 0 Å². The van der Waals surface area contributed by atoms with Crippen LogP contribution in [0.2, 0.25) is 0 Å². The predicted molar refractivity (Wildman–Crippen MR) is 270 cm³/mol. The van der Waals surface area contributed by atoms with Crippen molar-refractivity contribution in [3.8, 4) is 33.4 Å². The van der Waals surface area contributed by atoms with Gasteiger partial charge >= 0.3 is 0 Å². The zero-order valence-corrected chi connectivity index (χ0v) is 35.3. The SMILES string of the molecule is c1ccc(-c2cccc(-c3ccc4oc5cc6ccccc6cc5c4c3-c3ccc(C4=NC(c5ccc6ccccc6c5)=NC(c5cccc6c5sc5ccccc56)N4)cc3)c2)cc1. The molecule has 5 heteroatoms. The molecule has 1 atom stereocenters. The van der Waals surface area contributed by atoms with E-state index in [4.69, 9.17) is 14.4 Å². The minimum atomic E-state index is -0.352. The van der Waals surface area contributed by atoms with E-state index in [-0.39, 0.29) is 6.17 Å². The van der Waals surface area contributed by atoms with Crippen molar-refractivity contribution in [1.29, 1.82) is 0 Å². The molecule has 0 radical (unpaired) electrons. The lowest BCUT2D eigenvalue weighted by atomic mass is 9.89. The van der Waals surface area contributed by atoms with E-state index in [9.17, 15) is 0 Å². The van der Waals surface area contributed by atoms with Crippen molar-refractivity contribution in [2.24, 2.45) is 9.98 Å². The first kappa shape index (κ1) is 36.5. The molecule has 0 bridgehead atoms. The lowest BCUT2D eigenvalue weighted by molar-refractivity contribution is 0.669. The Hall–Kier alpha value is -8.12. The van der Waals surface area contributed by atoms with Crippen LogP contribution in [-0.2, 0) is 0 Å². The number of hydrogen-bond donors (Lipinski definition) is 1. The average molecular weight is 836 g/mol. The molecule has 1 unspecified atom stereocenters. The van der Waals surface area contributed by atoms with Crippen LogP contribution in [0, 0.1) is 0 Å². The number of fused-ring (bicyclic) bond motifs is 8. The van der Waals surface area contributed by atoms with Gasteiger partial charge in [-0.05, 0) is 85.8 Å². The van der Waals surface area contributed by atoms with Crippen LogP contribution >= 0.6 is 11.3 Å². The van der Waals surface area contributed by atoms with Crippen LogP contribution in [0.3, 0.4) is 0 Å². The van der Waals surface area contributed by atoms with Gasteiger partial charge in [0.25, 0.3) is 0 Å². The zero-order chi connectivity index (χ0) is 42.1. The van der Waals surface area contributed by atoms with Gasteiger partial charge in [-0.2, -0.15) is 0 Å². The second-order valence-corrected chi connectivity index (χ2v) is 17.6. The molecule has 12 aromatic rings. The lowest BCUT2D eigenvalue weighted by Crippen LogP contribution is -2.33. The van der Waals surface area contributed by atoms with Crippen LogP contribution in [0.5, 0.6) is 0 Å². The summed E-state index contributed by atoms with van der Waals surface area (Å²) in [5.41, 5.74) is 11.7. The van der Waals surface area contributed by atoms with Crippen molar-refractivity contribution in [3.63, 3.8) is 0 Å². The Morgan fingerprint density at radius 3 is 1.97 bits per heavy atom. The summed E-state index contributed by atoms with van der Waals surface area (Å²) in [7, 11) is 0. The summed E-state index contributed by atoms with van der Waals surface area (Å²) in [5, 5.41) is 13.2. The highest BCUT2D eigenvalue weighted by Gasteiger charge is 2.25. The minimum Gasteiger partial charge on any atom is -0.456 e. The quantitative estimate of drug-likeness (QED) is 0.181. The van der Waals surface area contributed by atoms with Crippen molar-refractivity contribution in [3.05, 3.63) is 229 Å². The molecule has 0 saturated heterocycles. The van der Waals surface area contributed by atoms with E-state index >= 15 is 0 Å². The number of thiophene rings is 1. The van der Waals surface area contributed by atoms with Gasteiger partial charge < -0.3 is 9.73 Å². The second-order valence-electron chi connectivity index (χ2n) is 16.5. The third-order valence-electron chi connectivity index (χ3n) is 12.7. The second kappa shape index (κ2) is 14.8. The highest BCUT2D eigenvalue weighted by atomic mass is 32.1. The average Bonchev–Trinajstić information content (AvgIpc) is 3.93. The van der Waals surface area contributed by atoms with Crippen molar-refractivity contribution in [2.75, 3.05) is 0 Å². The molecule has 0 spiro atoms. The predicted octanol–water partition coefficient (Wildman–Crippen LogP) is 15.8. The van der Waals surface area contributed by atoms with Gasteiger partial charge in [0, 0.05) is 53.2 Å². The fourth-order valence-corrected chi connectivity index (χ4v) is 10.8. The summed E-state index contributed by atoms with van der Waals surface area (Å²) in [4.78, 5) is 10.6. The summed E-state index contributed by atoms with van der Waals surface area (Å²) in [6.45, 7) is 0. The van der Waals surface area contributed by atoms with Crippen LogP contribution in [0.15, 0.2) is 227 Å². The lowest BCUT2D eigenvalue weighted by Gasteiger charge is -2.24. The minimum absolute atomic E-state index is 0.352. The number of furan rings is 1. The number of nitrogens with zero attached hydrogens (tertiary/aromatic N) is 2. The molecular weight excluding hydrogens is 799 g/mol. The maximum absolute atomic E-state index is 6.67. The standard InChI is InChI=1S/C59H37N3OS/c1-2-12-36(13-3-1)41-18-10-19-44(32-41)46-30-31-51-55(50-34-42-16-6-7-17-43(42)35-52(50)63-51)54(46)38-25-27-39(28-26-38)57-60-58(45-29-24-37-14-4-5-15-40(37)33-45)62-59(61-57)49-22-11-21-48-47-20-8-9-23-53(47)64-56(48)49/h1-35,59H,(H,60,61,62). The molecule has 300 valence electrons. The monoisotopic (exact) mass is 835 g/mol. The van der Waals surface area contributed by atoms with Crippen molar-refractivity contribution >= 4 is 86.7 Å². The molecule has 1 aliphatic rings. The molecule has 64 heavy (non-hydrogen) atoms. The van der Waals surface area contributed by atoms with Crippen LogP contribution in [0.4, 0.5) is 0 Å². The van der Waals surface area contributed by atoms with E-state index in [0.29, 0.717) is 5.84 Å². The number of rotatable bonds is 6. The Kier molecular flexibility index (Phi) is 8.43. The highest BCUT2D eigenvalue weighted by molar-refractivity contribution is 7.26. The third-order valence-corrected chi connectivity index (χ3v) is 13.9. The molecule has 4 nitrogen and oxygen atoms in total. The van der Waals surface area contributed by atoms with Gasteiger partial charge in [-0.25, -0.2) is 9.98 Å². The van der Waals surface area contributed by atoms with Gasteiger partial charge in [0.2, 0.25) is 0 Å². The molecule has 10 aromatic carbocycles. The molecule has 1 N–H and O–H groups in total. The molecule has 0 aliphatic carbocycles.